The van der Waals surface area contributed by atoms with Crippen molar-refractivity contribution in [3.8, 4) is 18.1 Å². The molecule has 0 aliphatic carbocycles. The first-order valence-corrected chi connectivity index (χ1v) is 11.5. The Balaban J connectivity index is 2.21. The normalized spacial score (nSPS) is 12.2. The summed E-state index contributed by atoms with van der Waals surface area (Å²) in [5.41, 5.74) is 1.28. The van der Waals surface area contributed by atoms with Crippen LogP contribution in [0.3, 0.4) is 0 Å². The topological polar surface area (TPSA) is 87.7 Å². The molecule has 166 valence electrons. The third kappa shape index (κ3) is 6.56. The Morgan fingerprint density at radius 2 is 1.87 bits per heavy atom. The molecule has 1 unspecified atom stereocenters. The Morgan fingerprint density at radius 3 is 2.52 bits per heavy atom. The van der Waals surface area contributed by atoms with Gasteiger partial charge in [0.2, 0.25) is 10.0 Å². The summed E-state index contributed by atoms with van der Waals surface area (Å²) in [5, 5.41) is 2.94. The van der Waals surface area contributed by atoms with Crippen LogP contribution in [0, 0.1) is 12.3 Å². The van der Waals surface area contributed by atoms with Crippen LogP contribution in [-0.4, -0.2) is 52.5 Å². The van der Waals surface area contributed by atoms with Crippen molar-refractivity contribution in [2.75, 3.05) is 33.3 Å². The van der Waals surface area contributed by atoms with Crippen molar-refractivity contribution in [1.82, 2.24) is 14.9 Å². The number of hydrogen-bond acceptors (Lipinski definition) is 5. The van der Waals surface area contributed by atoms with Gasteiger partial charge < -0.3 is 10.1 Å². The van der Waals surface area contributed by atoms with Crippen LogP contribution in [0.5, 0.6) is 5.75 Å². The minimum Gasteiger partial charge on any atom is -0.497 e. The summed E-state index contributed by atoms with van der Waals surface area (Å²) in [5.74, 6) is 2.62. The van der Waals surface area contributed by atoms with Crippen molar-refractivity contribution in [2.45, 2.75) is 24.8 Å². The second-order valence-corrected chi connectivity index (χ2v) is 8.55. The van der Waals surface area contributed by atoms with Crippen LogP contribution in [0.2, 0.25) is 0 Å². The van der Waals surface area contributed by atoms with E-state index in [-0.39, 0.29) is 29.0 Å². The lowest BCUT2D eigenvalue weighted by Gasteiger charge is -2.30. The van der Waals surface area contributed by atoms with Gasteiger partial charge in [-0.1, -0.05) is 38.0 Å². The maximum atomic E-state index is 12.8. The molecule has 0 radical (unpaired) electrons. The average molecular weight is 444 g/mol. The summed E-state index contributed by atoms with van der Waals surface area (Å²) in [6.45, 7) is 5.99. The van der Waals surface area contributed by atoms with Crippen molar-refractivity contribution in [3.05, 3.63) is 59.7 Å². The van der Waals surface area contributed by atoms with Gasteiger partial charge in [-0.15, -0.1) is 6.42 Å². The van der Waals surface area contributed by atoms with Crippen molar-refractivity contribution in [2.24, 2.45) is 0 Å². The number of methoxy groups -OCH3 is 1. The highest BCUT2D eigenvalue weighted by Gasteiger charge is 2.21. The number of nitrogens with one attached hydrogen (secondary N) is 2. The maximum absolute atomic E-state index is 12.8. The van der Waals surface area contributed by atoms with E-state index in [1.54, 1.807) is 13.2 Å². The van der Waals surface area contributed by atoms with Gasteiger partial charge in [0.15, 0.2) is 0 Å². The third-order valence-electron chi connectivity index (χ3n) is 4.96. The number of amides is 1. The van der Waals surface area contributed by atoms with E-state index >= 15 is 0 Å². The number of hydrogen-bond donors (Lipinski definition) is 2. The molecule has 0 aliphatic heterocycles. The summed E-state index contributed by atoms with van der Waals surface area (Å²) in [6.07, 6.45) is 5.12. The maximum Gasteiger partial charge on any atom is 0.251 e. The molecule has 0 aromatic heterocycles. The first kappa shape index (κ1) is 24.4. The quantitative estimate of drug-likeness (QED) is 0.521. The molecule has 8 heteroatoms. The second kappa shape index (κ2) is 11.5. The van der Waals surface area contributed by atoms with Gasteiger partial charge in [0.25, 0.3) is 5.91 Å². The predicted molar refractivity (Wildman–Crippen MR) is 121 cm³/mol. The third-order valence-corrected chi connectivity index (χ3v) is 6.36. The summed E-state index contributed by atoms with van der Waals surface area (Å²) >= 11 is 0. The van der Waals surface area contributed by atoms with E-state index in [1.807, 2.05) is 24.3 Å². The molecular weight excluding hydrogens is 414 g/mol. The molecule has 0 fully saturated rings. The molecule has 2 N–H and O–H groups in total. The van der Waals surface area contributed by atoms with Gasteiger partial charge in [-0.25, -0.2) is 8.42 Å². The van der Waals surface area contributed by atoms with Crippen LogP contribution in [0.1, 0.15) is 35.8 Å². The fourth-order valence-electron chi connectivity index (χ4n) is 3.29. The molecule has 0 aliphatic rings. The van der Waals surface area contributed by atoms with E-state index in [4.69, 9.17) is 11.2 Å². The minimum atomic E-state index is -3.78. The minimum absolute atomic E-state index is 0.0107. The second-order valence-electron chi connectivity index (χ2n) is 6.78. The number of likely N-dealkylation sites (N-methyl/N-ethyl adjacent to an activating group) is 1. The number of ether oxygens (including phenoxy) is 1. The Bertz CT molecular complexity index is 1030. The molecule has 1 amide bonds. The summed E-state index contributed by atoms with van der Waals surface area (Å²) in [6, 6.07) is 13.6. The van der Waals surface area contributed by atoms with Crippen molar-refractivity contribution in [1.29, 1.82) is 0 Å². The Labute approximate surface area is 184 Å². The standard InChI is InChI=1S/C23H29N3O4S/c1-5-14-25-31(28,29)21-13-9-11-19(16-21)23(27)24-17-22(26(6-2)7-3)18-10-8-12-20(15-18)30-4/h1,8-13,15-16,22,25H,6-7,14,17H2,2-4H3,(H,24,27). The van der Waals surface area contributed by atoms with Crippen LogP contribution in [-0.2, 0) is 10.0 Å². The molecule has 0 saturated carbocycles. The van der Waals surface area contributed by atoms with Gasteiger partial charge in [-0.3, -0.25) is 9.69 Å². The van der Waals surface area contributed by atoms with Gasteiger partial charge in [0.1, 0.15) is 5.75 Å². The zero-order chi connectivity index (χ0) is 22.9. The number of nitrogens with zero attached hydrogens (tertiary/aromatic N) is 1. The van der Waals surface area contributed by atoms with Gasteiger partial charge in [-0.05, 0) is 49.0 Å². The Kier molecular flexibility index (Phi) is 9.06. The lowest BCUT2D eigenvalue weighted by Crippen LogP contribution is -2.38. The number of rotatable bonds is 11. The fourth-order valence-corrected chi connectivity index (χ4v) is 4.27. The van der Waals surface area contributed by atoms with Gasteiger partial charge in [0, 0.05) is 12.1 Å². The number of carbonyl (C=O) groups is 1. The molecule has 0 spiro atoms. The Morgan fingerprint density at radius 1 is 1.16 bits per heavy atom. The number of sulfonamides is 1. The smallest absolute Gasteiger partial charge is 0.251 e. The molecule has 0 saturated heterocycles. The van der Waals surface area contributed by atoms with E-state index in [0.717, 1.165) is 24.4 Å². The van der Waals surface area contributed by atoms with E-state index < -0.39 is 10.0 Å². The average Bonchev–Trinajstić information content (AvgIpc) is 2.80. The van der Waals surface area contributed by atoms with Crippen LogP contribution < -0.4 is 14.8 Å². The molecule has 7 nitrogen and oxygen atoms in total. The number of benzene rings is 2. The summed E-state index contributed by atoms with van der Waals surface area (Å²) in [4.78, 5) is 15.0. The van der Waals surface area contributed by atoms with Crippen LogP contribution in [0.15, 0.2) is 53.4 Å². The monoisotopic (exact) mass is 443 g/mol. The first-order valence-electron chi connectivity index (χ1n) is 10.1. The highest BCUT2D eigenvalue weighted by atomic mass is 32.2. The zero-order valence-corrected chi connectivity index (χ0v) is 18.9. The summed E-state index contributed by atoms with van der Waals surface area (Å²) in [7, 11) is -2.16. The summed E-state index contributed by atoms with van der Waals surface area (Å²) < 4.78 is 32.2. The van der Waals surface area contributed by atoms with Crippen molar-refractivity contribution >= 4 is 15.9 Å². The molecule has 2 aromatic rings. The van der Waals surface area contributed by atoms with E-state index in [1.165, 1.54) is 18.2 Å². The molecule has 1 atom stereocenters. The lowest BCUT2D eigenvalue weighted by atomic mass is 10.0. The molecule has 2 aromatic carbocycles. The van der Waals surface area contributed by atoms with E-state index in [2.05, 4.69) is 34.7 Å². The van der Waals surface area contributed by atoms with E-state index in [9.17, 15) is 13.2 Å². The lowest BCUT2D eigenvalue weighted by molar-refractivity contribution is 0.0934. The largest absolute Gasteiger partial charge is 0.497 e. The van der Waals surface area contributed by atoms with Crippen LogP contribution in [0.4, 0.5) is 0 Å². The zero-order valence-electron chi connectivity index (χ0n) is 18.1. The van der Waals surface area contributed by atoms with Crippen LogP contribution in [0.25, 0.3) is 0 Å². The molecule has 31 heavy (non-hydrogen) atoms. The molecular formula is C23H29N3O4S. The molecule has 0 bridgehead atoms. The van der Waals surface area contributed by atoms with E-state index in [0.29, 0.717) is 6.54 Å². The Hall–Kier alpha value is -2.86. The number of carbonyl (C=O) groups excluding carboxylic acids is 1. The number of terminal acetylenes is 1. The van der Waals surface area contributed by atoms with Gasteiger partial charge >= 0.3 is 0 Å². The van der Waals surface area contributed by atoms with Crippen molar-refractivity contribution < 1.29 is 17.9 Å². The highest BCUT2D eigenvalue weighted by Crippen LogP contribution is 2.24. The molecule has 2 rings (SSSR count). The SMILES string of the molecule is C#CCNS(=O)(=O)c1cccc(C(=O)NCC(c2cccc(OC)c2)N(CC)CC)c1. The van der Waals surface area contributed by atoms with Gasteiger partial charge in [0.05, 0.1) is 24.6 Å². The van der Waals surface area contributed by atoms with Crippen molar-refractivity contribution in [3.63, 3.8) is 0 Å². The molecule has 0 heterocycles. The van der Waals surface area contributed by atoms with Crippen LogP contribution >= 0.6 is 0 Å². The highest BCUT2D eigenvalue weighted by molar-refractivity contribution is 7.89. The first-order chi connectivity index (χ1) is 14.9. The predicted octanol–water partition coefficient (Wildman–Crippen LogP) is 2.42. The van der Waals surface area contributed by atoms with Gasteiger partial charge in [-0.2, -0.15) is 4.72 Å². The fraction of sp³-hybridized carbons (Fsp3) is 0.348.